The molecule has 3 heterocycles. The molecule has 1 aliphatic heterocycles. The minimum Gasteiger partial charge on any atom is -0.261 e. The normalized spacial score (nSPS) is 19.1. The summed E-state index contributed by atoms with van der Waals surface area (Å²) in [7, 11) is -0.205. The van der Waals surface area contributed by atoms with Gasteiger partial charge in [-0.05, 0) is 45.1 Å². The summed E-state index contributed by atoms with van der Waals surface area (Å²) in [5.74, 6) is 0.259. The third kappa shape index (κ3) is 4.36. The molecule has 0 spiro atoms. The molecule has 0 N–H and O–H groups in total. The minimum absolute atomic E-state index is 0.253. The summed E-state index contributed by atoms with van der Waals surface area (Å²) in [6.45, 7) is 5.27. The highest BCUT2D eigenvalue weighted by Crippen LogP contribution is 2.24. The van der Waals surface area contributed by atoms with Crippen molar-refractivity contribution in [2.45, 2.75) is 39.2 Å². The van der Waals surface area contributed by atoms with Gasteiger partial charge in [-0.15, -0.1) is 0 Å². The standard InChI is InChI=1S/C18H28N6O2S/c1-14(2)24-18(7-8-21-24)17-12-19-16(11-20-17)10-15-6-5-9-23(13-15)27(25,26)22(3)4/h7-8,11-12,14-15H,5-6,9-10,13H2,1-4H3/t15-/m1/s1. The molecule has 3 rings (SSSR count). The highest BCUT2D eigenvalue weighted by atomic mass is 32.2. The molecule has 1 saturated heterocycles. The molecule has 2 aromatic rings. The second-order valence-electron chi connectivity index (χ2n) is 7.51. The lowest BCUT2D eigenvalue weighted by Gasteiger charge is -2.33. The molecule has 9 heteroatoms. The molecule has 8 nitrogen and oxygen atoms in total. The van der Waals surface area contributed by atoms with Crippen LogP contribution in [0.2, 0.25) is 0 Å². The van der Waals surface area contributed by atoms with E-state index in [1.807, 2.05) is 10.7 Å². The number of aromatic nitrogens is 4. The van der Waals surface area contributed by atoms with Gasteiger partial charge in [-0.3, -0.25) is 14.6 Å². The average Bonchev–Trinajstić information content (AvgIpc) is 3.12. The zero-order valence-corrected chi connectivity index (χ0v) is 17.2. The van der Waals surface area contributed by atoms with E-state index < -0.39 is 10.2 Å². The van der Waals surface area contributed by atoms with Crippen molar-refractivity contribution in [3.05, 3.63) is 30.4 Å². The topological polar surface area (TPSA) is 84.2 Å². The fraction of sp³-hybridized carbons (Fsp3) is 0.611. The smallest absolute Gasteiger partial charge is 0.261 e. The number of hydrogen-bond donors (Lipinski definition) is 0. The van der Waals surface area contributed by atoms with Crippen molar-refractivity contribution in [1.82, 2.24) is 28.4 Å². The largest absolute Gasteiger partial charge is 0.281 e. The maximum absolute atomic E-state index is 12.4. The first-order valence-corrected chi connectivity index (χ1v) is 10.7. The third-order valence-electron chi connectivity index (χ3n) is 4.89. The first kappa shape index (κ1) is 19.9. The Morgan fingerprint density at radius 2 is 2.04 bits per heavy atom. The van der Waals surface area contributed by atoms with E-state index in [0.717, 1.165) is 36.3 Å². The summed E-state index contributed by atoms with van der Waals surface area (Å²) in [6.07, 6.45) is 7.96. The van der Waals surface area contributed by atoms with Crippen molar-refractivity contribution in [3.8, 4) is 11.4 Å². The van der Waals surface area contributed by atoms with Gasteiger partial charge in [0.05, 0.1) is 17.6 Å². The van der Waals surface area contributed by atoms with Crippen LogP contribution >= 0.6 is 0 Å². The molecule has 0 unspecified atom stereocenters. The van der Waals surface area contributed by atoms with E-state index in [1.165, 1.54) is 4.31 Å². The van der Waals surface area contributed by atoms with Crippen molar-refractivity contribution in [1.29, 1.82) is 0 Å². The van der Waals surface area contributed by atoms with Crippen LogP contribution in [0.5, 0.6) is 0 Å². The van der Waals surface area contributed by atoms with E-state index in [9.17, 15) is 8.42 Å². The predicted octanol–water partition coefficient (Wildman–Crippen LogP) is 1.98. The van der Waals surface area contributed by atoms with Crippen LogP contribution in [-0.4, -0.2) is 64.0 Å². The summed E-state index contributed by atoms with van der Waals surface area (Å²) < 4.78 is 29.5. The molecule has 0 saturated carbocycles. The molecule has 0 aliphatic carbocycles. The van der Waals surface area contributed by atoms with Crippen molar-refractivity contribution in [2.75, 3.05) is 27.2 Å². The van der Waals surface area contributed by atoms with E-state index in [4.69, 9.17) is 0 Å². The zero-order chi connectivity index (χ0) is 19.6. The molecule has 148 valence electrons. The molecule has 0 amide bonds. The quantitative estimate of drug-likeness (QED) is 0.750. The van der Waals surface area contributed by atoms with Crippen LogP contribution in [0.3, 0.4) is 0 Å². The van der Waals surface area contributed by atoms with Crippen molar-refractivity contribution < 1.29 is 8.42 Å². The van der Waals surface area contributed by atoms with Crippen molar-refractivity contribution >= 4 is 10.2 Å². The van der Waals surface area contributed by atoms with Crippen molar-refractivity contribution in [2.24, 2.45) is 5.92 Å². The molecule has 1 aliphatic rings. The SMILES string of the molecule is CC(C)n1nccc1-c1cnc(C[C@H]2CCCN(S(=O)(=O)N(C)C)C2)cn1. The molecular formula is C18H28N6O2S. The van der Waals surface area contributed by atoms with E-state index >= 15 is 0 Å². The number of hydrogen-bond acceptors (Lipinski definition) is 5. The van der Waals surface area contributed by atoms with Crippen molar-refractivity contribution in [3.63, 3.8) is 0 Å². The second kappa shape index (κ2) is 8.04. The number of piperidine rings is 1. The Kier molecular flexibility index (Phi) is 5.92. The summed E-state index contributed by atoms with van der Waals surface area (Å²) in [6, 6.07) is 2.19. The first-order chi connectivity index (χ1) is 12.8. The van der Waals surface area contributed by atoms with Gasteiger partial charge in [-0.25, -0.2) is 0 Å². The Hall–Kier alpha value is -1.84. The Bertz CT molecular complexity index is 860. The van der Waals surface area contributed by atoms with Crippen LogP contribution < -0.4 is 0 Å². The molecular weight excluding hydrogens is 364 g/mol. The lowest BCUT2D eigenvalue weighted by Crippen LogP contribution is -2.45. The Morgan fingerprint density at radius 3 is 2.67 bits per heavy atom. The van der Waals surface area contributed by atoms with Crippen LogP contribution in [0.1, 0.15) is 38.4 Å². The predicted molar refractivity (Wildman–Crippen MR) is 104 cm³/mol. The van der Waals surface area contributed by atoms with Crippen LogP contribution in [0.25, 0.3) is 11.4 Å². The van der Waals surface area contributed by atoms with Gasteiger partial charge in [0.2, 0.25) is 0 Å². The fourth-order valence-corrected chi connectivity index (χ4v) is 4.67. The molecule has 2 aromatic heterocycles. The van der Waals surface area contributed by atoms with Gasteiger partial charge in [0.1, 0.15) is 5.69 Å². The van der Waals surface area contributed by atoms with Gasteiger partial charge in [0.25, 0.3) is 10.2 Å². The lowest BCUT2D eigenvalue weighted by molar-refractivity contribution is 0.253. The van der Waals surface area contributed by atoms with Crippen LogP contribution in [-0.2, 0) is 16.6 Å². The van der Waals surface area contributed by atoms with Gasteiger partial charge < -0.3 is 0 Å². The van der Waals surface area contributed by atoms with E-state index in [-0.39, 0.29) is 12.0 Å². The van der Waals surface area contributed by atoms with Gasteiger partial charge in [0.15, 0.2) is 0 Å². The first-order valence-electron chi connectivity index (χ1n) is 9.31. The lowest BCUT2D eigenvalue weighted by atomic mass is 9.95. The van der Waals surface area contributed by atoms with Gasteiger partial charge >= 0.3 is 0 Å². The maximum Gasteiger partial charge on any atom is 0.281 e. The van der Waals surface area contributed by atoms with Gasteiger partial charge in [-0.1, -0.05) is 0 Å². The summed E-state index contributed by atoms with van der Waals surface area (Å²) in [4.78, 5) is 9.13. The Morgan fingerprint density at radius 1 is 1.26 bits per heavy atom. The summed E-state index contributed by atoms with van der Waals surface area (Å²) in [5, 5.41) is 4.34. The zero-order valence-electron chi connectivity index (χ0n) is 16.4. The molecule has 0 bridgehead atoms. The van der Waals surface area contributed by atoms with E-state index in [0.29, 0.717) is 13.1 Å². The number of rotatable bonds is 6. The molecule has 27 heavy (non-hydrogen) atoms. The summed E-state index contributed by atoms with van der Waals surface area (Å²) in [5.41, 5.74) is 2.64. The van der Waals surface area contributed by atoms with Gasteiger partial charge in [-0.2, -0.15) is 22.1 Å². The fourth-order valence-electron chi connectivity index (χ4n) is 3.45. The average molecular weight is 393 g/mol. The van der Waals surface area contributed by atoms with Crippen LogP contribution in [0.15, 0.2) is 24.7 Å². The van der Waals surface area contributed by atoms with Gasteiger partial charge in [0, 0.05) is 45.6 Å². The molecule has 0 radical (unpaired) electrons. The van der Waals surface area contributed by atoms with E-state index in [2.05, 4.69) is 28.9 Å². The second-order valence-corrected chi connectivity index (χ2v) is 9.65. The molecule has 1 fully saturated rings. The molecule has 1 atom stereocenters. The maximum atomic E-state index is 12.4. The van der Waals surface area contributed by atoms with Crippen LogP contribution in [0, 0.1) is 5.92 Å². The number of nitrogens with zero attached hydrogens (tertiary/aromatic N) is 6. The molecule has 0 aromatic carbocycles. The Labute approximate surface area is 161 Å². The Balaban J connectivity index is 1.69. The van der Waals surface area contributed by atoms with Crippen LogP contribution in [0.4, 0.5) is 0 Å². The summed E-state index contributed by atoms with van der Waals surface area (Å²) >= 11 is 0. The minimum atomic E-state index is -3.35. The third-order valence-corrected chi connectivity index (χ3v) is 6.80. The highest BCUT2D eigenvalue weighted by molar-refractivity contribution is 7.86. The van der Waals surface area contributed by atoms with E-state index in [1.54, 1.807) is 37.0 Å². The monoisotopic (exact) mass is 392 g/mol. The highest BCUT2D eigenvalue weighted by Gasteiger charge is 2.30.